The Kier molecular flexibility index (Phi) is 12.5. The molecule has 0 radical (unpaired) electrons. The van der Waals surface area contributed by atoms with Gasteiger partial charge in [-0.05, 0) is 0 Å². The summed E-state index contributed by atoms with van der Waals surface area (Å²) in [6, 6.07) is 0. The Morgan fingerprint density at radius 1 is 1.25 bits per heavy atom. The molecule has 0 saturated heterocycles. The molecule has 4 nitrogen and oxygen atoms in total. The summed E-state index contributed by atoms with van der Waals surface area (Å²) in [5.41, 5.74) is 0. The zero-order valence-corrected chi connectivity index (χ0v) is 4.36. The fourth-order valence-corrected chi connectivity index (χ4v) is 0.0577. The number of nitrogens with zero attached hydrogens (tertiary/aromatic N) is 1. The van der Waals surface area contributed by atoms with Crippen LogP contribution in [0.1, 0.15) is 0 Å². The normalized spacial score (nSPS) is 7.75. The van der Waals surface area contributed by atoms with Crippen LogP contribution in [0.3, 0.4) is 0 Å². The van der Waals surface area contributed by atoms with Crippen molar-refractivity contribution in [3.05, 3.63) is 0 Å². The lowest BCUT2D eigenvalue weighted by Crippen LogP contribution is -2.15. The van der Waals surface area contributed by atoms with Gasteiger partial charge in [-0.1, -0.05) is 0 Å². The molecule has 0 atom stereocenters. The number of hydrogen-bond acceptors (Lipinski definition) is 4. The SMILES string of the molecule is C#N.OCC(O)CO. The van der Waals surface area contributed by atoms with Crippen molar-refractivity contribution in [1.82, 2.24) is 0 Å². The number of aliphatic hydroxyl groups is 3. The van der Waals surface area contributed by atoms with Crippen LogP contribution in [0.2, 0.25) is 0 Å². The molecule has 0 aromatic heterocycles. The van der Waals surface area contributed by atoms with Gasteiger partial charge in [0, 0.05) is 6.57 Å². The minimum atomic E-state index is -0.954. The minimum absolute atomic E-state index is 0.365. The standard InChI is InChI=1S/C3H8O3.CHN/c4-1-3(6)2-5;1-2/h3-6H,1-2H2;1H. The first-order chi connectivity index (χ1) is 3.81. The monoisotopic (exact) mass is 119 g/mol. The fourth-order valence-electron chi connectivity index (χ4n) is 0.0577. The molecule has 48 valence electrons. The average molecular weight is 119 g/mol. The Balaban J connectivity index is 0. The molecule has 4 heteroatoms. The molecule has 0 amide bonds. The molecule has 0 fully saturated rings. The van der Waals surface area contributed by atoms with Gasteiger partial charge < -0.3 is 15.3 Å². The highest BCUT2D eigenvalue weighted by Crippen LogP contribution is 1.71. The Bertz CT molecular complexity index is 50.5. The first-order valence-corrected chi connectivity index (χ1v) is 1.97. The average Bonchev–Trinajstić information content (AvgIpc) is 1.91. The van der Waals surface area contributed by atoms with Gasteiger partial charge in [0.25, 0.3) is 0 Å². The Labute approximate surface area is 47.6 Å². The maximum atomic E-state index is 8.17. The second-order valence-electron chi connectivity index (χ2n) is 1.02. The molecule has 0 unspecified atom stereocenters. The molecule has 0 aliphatic carbocycles. The lowest BCUT2D eigenvalue weighted by molar-refractivity contribution is 0.0450. The summed E-state index contributed by atoms with van der Waals surface area (Å²) in [4.78, 5) is 0. The molecule has 3 N–H and O–H groups in total. The molecule has 0 aliphatic heterocycles. The van der Waals surface area contributed by atoms with E-state index in [0.717, 1.165) is 0 Å². The van der Waals surface area contributed by atoms with Gasteiger partial charge >= 0.3 is 0 Å². The van der Waals surface area contributed by atoms with Crippen molar-refractivity contribution in [3.8, 4) is 6.57 Å². The van der Waals surface area contributed by atoms with Crippen molar-refractivity contribution >= 4 is 0 Å². The number of nitriles is 1. The van der Waals surface area contributed by atoms with Crippen LogP contribution >= 0.6 is 0 Å². The van der Waals surface area contributed by atoms with Crippen LogP contribution in [-0.4, -0.2) is 34.6 Å². The zero-order valence-electron chi connectivity index (χ0n) is 4.36. The van der Waals surface area contributed by atoms with Crippen molar-refractivity contribution in [2.45, 2.75) is 6.10 Å². The summed E-state index contributed by atoms with van der Waals surface area (Å²) in [6.07, 6.45) is -0.954. The van der Waals surface area contributed by atoms with Gasteiger partial charge in [-0.25, -0.2) is 5.26 Å². The van der Waals surface area contributed by atoms with E-state index in [-0.39, 0.29) is 13.2 Å². The van der Waals surface area contributed by atoms with E-state index in [2.05, 4.69) is 6.57 Å². The lowest BCUT2D eigenvalue weighted by atomic mass is 10.4. The summed E-state index contributed by atoms with van der Waals surface area (Å²) >= 11 is 0. The summed E-state index contributed by atoms with van der Waals surface area (Å²) < 4.78 is 0. The quantitative estimate of drug-likeness (QED) is 0.412. The maximum Gasteiger partial charge on any atom is 0.100 e. The van der Waals surface area contributed by atoms with Gasteiger partial charge in [0.05, 0.1) is 13.2 Å². The predicted octanol–water partition coefficient (Wildman–Crippen LogP) is -1.53. The van der Waals surface area contributed by atoms with Crippen molar-refractivity contribution in [3.63, 3.8) is 0 Å². The second-order valence-corrected chi connectivity index (χ2v) is 1.02. The summed E-state index contributed by atoms with van der Waals surface area (Å²) in [5, 5.41) is 30.5. The highest BCUT2D eigenvalue weighted by atomic mass is 16.3. The number of hydrogen-bond donors (Lipinski definition) is 3. The first kappa shape index (κ1) is 10.4. The minimum Gasteiger partial charge on any atom is -0.394 e. The molecule has 0 saturated carbocycles. The zero-order chi connectivity index (χ0) is 6.99. The van der Waals surface area contributed by atoms with Crippen molar-refractivity contribution in [2.75, 3.05) is 13.2 Å². The molecule has 0 aromatic rings. The second kappa shape index (κ2) is 9.62. The van der Waals surface area contributed by atoms with Crippen LogP contribution in [0, 0.1) is 11.8 Å². The fraction of sp³-hybridized carbons (Fsp3) is 0.750. The Morgan fingerprint density at radius 3 is 1.50 bits per heavy atom. The largest absolute Gasteiger partial charge is 0.394 e. The maximum absolute atomic E-state index is 8.17. The molecule has 8 heavy (non-hydrogen) atoms. The van der Waals surface area contributed by atoms with Crippen LogP contribution in [0.25, 0.3) is 0 Å². The van der Waals surface area contributed by atoms with Gasteiger partial charge in [0.15, 0.2) is 0 Å². The van der Waals surface area contributed by atoms with Crippen LogP contribution in [0.4, 0.5) is 0 Å². The van der Waals surface area contributed by atoms with E-state index in [1.165, 1.54) is 0 Å². The molecular formula is C4H9NO3. The molecule has 0 rings (SSSR count). The number of aliphatic hydroxyl groups excluding tert-OH is 3. The molecule has 0 spiro atoms. The number of rotatable bonds is 2. The Morgan fingerprint density at radius 2 is 1.50 bits per heavy atom. The summed E-state index contributed by atoms with van der Waals surface area (Å²) in [7, 11) is 0. The van der Waals surface area contributed by atoms with Gasteiger partial charge in [-0.2, -0.15) is 0 Å². The lowest BCUT2D eigenvalue weighted by Gasteiger charge is -1.96. The molecule has 0 heterocycles. The van der Waals surface area contributed by atoms with Crippen molar-refractivity contribution < 1.29 is 15.3 Å². The van der Waals surface area contributed by atoms with E-state index in [0.29, 0.717) is 0 Å². The van der Waals surface area contributed by atoms with Crippen molar-refractivity contribution in [1.29, 1.82) is 5.26 Å². The highest BCUT2D eigenvalue weighted by Gasteiger charge is 1.93. The van der Waals surface area contributed by atoms with Gasteiger partial charge in [-0.15, -0.1) is 0 Å². The third kappa shape index (κ3) is 9.03. The van der Waals surface area contributed by atoms with Crippen LogP contribution in [0.5, 0.6) is 0 Å². The Hall–Kier alpha value is -0.630. The van der Waals surface area contributed by atoms with E-state index >= 15 is 0 Å². The topological polar surface area (TPSA) is 84.5 Å². The first-order valence-electron chi connectivity index (χ1n) is 1.97. The smallest absolute Gasteiger partial charge is 0.100 e. The van der Waals surface area contributed by atoms with E-state index in [1.807, 2.05) is 0 Å². The van der Waals surface area contributed by atoms with E-state index in [1.54, 1.807) is 0 Å². The predicted molar refractivity (Wildman–Crippen MR) is 26.8 cm³/mol. The van der Waals surface area contributed by atoms with E-state index < -0.39 is 6.10 Å². The third-order valence-corrected chi connectivity index (χ3v) is 0.421. The van der Waals surface area contributed by atoms with Crippen LogP contribution < -0.4 is 0 Å². The van der Waals surface area contributed by atoms with Crippen molar-refractivity contribution in [2.24, 2.45) is 0 Å². The third-order valence-electron chi connectivity index (χ3n) is 0.421. The molecule has 0 aliphatic rings. The van der Waals surface area contributed by atoms with Crippen LogP contribution in [0.15, 0.2) is 0 Å². The van der Waals surface area contributed by atoms with Crippen LogP contribution in [-0.2, 0) is 0 Å². The molecule has 0 bridgehead atoms. The summed E-state index contributed by atoms with van der Waals surface area (Å²) in [5.74, 6) is 0. The highest BCUT2D eigenvalue weighted by molar-refractivity contribution is 4.43. The van der Waals surface area contributed by atoms with E-state index in [4.69, 9.17) is 20.6 Å². The summed E-state index contributed by atoms with van der Waals surface area (Å²) in [6.45, 7) is 2.77. The molecular weight excluding hydrogens is 110 g/mol. The molecule has 0 aromatic carbocycles. The van der Waals surface area contributed by atoms with Gasteiger partial charge in [0.2, 0.25) is 0 Å². The van der Waals surface area contributed by atoms with E-state index in [9.17, 15) is 0 Å². The van der Waals surface area contributed by atoms with Gasteiger partial charge in [0.1, 0.15) is 6.10 Å². The van der Waals surface area contributed by atoms with Gasteiger partial charge in [-0.3, -0.25) is 0 Å².